The van der Waals surface area contributed by atoms with Crippen molar-refractivity contribution in [2.45, 2.75) is 25.9 Å². The maximum Gasteiger partial charge on any atom is 0.0682 e. The number of allylic oxidation sites excluding steroid dienone is 2. The molecule has 1 aromatic carbocycles. The SMILES string of the molecule is OCc1ccc2c(c1)C1=C(C2)c2ccsc2CC1. The van der Waals surface area contributed by atoms with E-state index >= 15 is 0 Å². The lowest BCUT2D eigenvalue weighted by Crippen LogP contribution is -1.97. The van der Waals surface area contributed by atoms with Crippen LogP contribution >= 0.6 is 11.3 Å². The molecule has 90 valence electrons. The zero-order chi connectivity index (χ0) is 12.1. The van der Waals surface area contributed by atoms with E-state index in [4.69, 9.17) is 0 Å². The fourth-order valence-electron chi connectivity index (χ4n) is 3.20. The molecule has 2 aliphatic carbocycles. The molecule has 0 amide bonds. The summed E-state index contributed by atoms with van der Waals surface area (Å²) in [5.74, 6) is 0. The summed E-state index contributed by atoms with van der Waals surface area (Å²) >= 11 is 1.89. The summed E-state index contributed by atoms with van der Waals surface area (Å²) in [5.41, 5.74) is 8.36. The Morgan fingerprint density at radius 1 is 1.06 bits per heavy atom. The van der Waals surface area contributed by atoms with Gasteiger partial charge >= 0.3 is 0 Å². The van der Waals surface area contributed by atoms with Crippen LogP contribution in [-0.2, 0) is 19.4 Å². The number of benzene rings is 1. The number of aryl methyl sites for hydroxylation is 1. The Balaban J connectivity index is 1.90. The minimum atomic E-state index is 0.138. The zero-order valence-corrected chi connectivity index (χ0v) is 10.9. The Kier molecular flexibility index (Phi) is 2.23. The van der Waals surface area contributed by atoms with Gasteiger partial charge < -0.3 is 5.11 Å². The van der Waals surface area contributed by atoms with Gasteiger partial charge in [0.25, 0.3) is 0 Å². The molecule has 1 nitrogen and oxygen atoms in total. The summed E-state index contributed by atoms with van der Waals surface area (Å²) in [4.78, 5) is 1.55. The first-order valence-corrected chi connectivity index (χ1v) is 7.26. The van der Waals surface area contributed by atoms with E-state index in [0.29, 0.717) is 0 Å². The van der Waals surface area contributed by atoms with Crippen LogP contribution in [0.15, 0.2) is 29.6 Å². The molecular weight excluding hydrogens is 240 g/mol. The molecule has 0 unspecified atom stereocenters. The third kappa shape index (κ3) is 1.36. The van der Waals surface area contributed by atoms with Crippen LogP contribution in [0.5, 0.6) is 0 Å². The Hall–Kier alpha value is -1.38. The molecule has 0 saturated heterocycles. The second kappa shape index (κ2) is 3.81. The third-order valence-electron chi connectivity index (χ3n) is 4.09. The molecule has 2 aromatic rings. The maximum absolute atomic E-state index is 9.28. The van der Waals surface area contributed by atoms with Gasteiger partial charge in [-0.05, 0) is 70.2 Å². The quantitative estimate of drug-likeness (QED) is 0.823. The highest BCUT2D eigenvalue weighted by Gasteiger charge is 2.27. The second-order valence-electron chi connectivity index (χ2n) is 5.04. The van der Waals surface area contributed by atoms with Crippen LogP contribution in [0.1, 0.15) is 33.6 Å². The van der Waals surface area contributed by atoms with Gasteiger partial charge in [-0.3, -0.25) is 0 Å². The molecule has 4 rings (SSSR count). The molecule has 2 heteroatoms. The molecule has 0 fully saturated rings. The molecule has 0 spiro atoms. The monoisotopic (exact) mass is 254 g/mol. The molecule has 1 heterocycles. The van der Waals surface area contributed by atoms with Crippen molar-refractivity contribution < 1.29 is 5.11 Å². The summed E-state index contributed by atoms with van der Waals surface area (Å²) in [6.07, 6.45) is 3.40. The number of rotatable bonds is 1. The highest BCUT2D eigenvalue weighted by molar-refractivity contribution is 7.10. The van der Waals surface area contributed by atoms with Gasteiger partial charge in [0.1, 0.15) is 0 Å². The summed E-state index contributed by atoms with van der Waals surface area (Å²) in [7, 11) is 0. The molecule has 0 aliphatic heterocycles. The molecule has 0 saturated carbocycles. The number of aliphatic hydroxyl groups is 1. The van der Waals surface area contributed by atoms with Gasteiger partial charge in [-0.25, -0.2) is 0 Å². The first kappa shape index (κ1) is 10.5. The van der Waals surface area contributed by atoms with Crippen LogP contribution in [0.25, 0.3) is 11.1 Å². The number of aliphatic hydroxyl groups excluding tert-OH is 1. The van der Waals surface area contributed by atoms with Crippen LogP contribution in [0.4, 0.5) is 0 Å². The van der Waals surface area contributed by atoms with Gasteiger partial charge in [-0.2, -0.15) is 0 Å². The minimum absolute atomic E-state index is 0.138. The van der Waals surface area contributed by atoms with Crippen molar-refractivity contribution in [2.24, 2.45) is 0 Å². The largest absolute Gasteiger partial charge is 0.392 e. The second-order valence-corrected chi connectivity index (χ2v) is 6.04. The first-order chi connectivity index (χ1) is 8.86. The Labute approximate surface area is 110 Å². The standard InChI is InChI=1S/C16H14OS/c17-9-10-1-2-11-8-15-12(14(11)7-10)3-4-16-13(15)5-6-18-16/h1-2,5-7,17H,3-4,8-9H2. The van der Waals surface area contributed by atoms with Gasteiger partial charge in [0, 0.05) is 4.88 Å². The Bertz CT molecular complexity index is 663. The van der Waals surface area contributed by atoms with E-state index in [1.165, 1.54) is 34.3 Å². The average molecular weight is 254 g/mol. The first-order valence-electron chi connectivity index (χ1n) is 6.38. The highest BCUT2D eigenvalue weighted by atomic mass is 32.1. The summed E-state index contributed by atoms with van der Waals surface area (Å²) in [5, 5.41) is 11.5. The van der Waals surface area contributed by atoms with Crippen LogP contribution in [0, 0.1) is 0 Å². The van der Waals surface area contributed by atoms with Crippen molar-refractivity contribution in [3.8, 4) is 0 Å². The number of hydrogen-bond donors (Lipinski definition) is 1. The van der Waals surface area contributed by atoms with Crippen molar-refractivity contribution >= 4 is 22.5 Å². The predicted octanol–water partition coefficient (Wildman–Crippen LogP) is 3.65. The number of fused-ring (bicyclic) bond motifs is 4. The molecule has 0 bridgehead atoms. The predicted molar refractivity (Wildman–Crippen MR) is 75.5 cm³/mol. The van der Waals surface area contributed by atoms with E-state index in [1.54, 1.807) is 4.88 Å². The van der Waals surface area contributed by atoms with Crippen LogP contribution in [-0.4, -0.2) is 5.11 Å². The lowest BCUT2D eigenvalue weighted by molar-refractivity contribution is 0.282. The minimum Gasteiger partial charge on any atom is -0.392 e. The summed E-state index contributed by atoms with van der Waals surface area (Å²) in [6.45, 7) is 0.138. The lowest BCUT2D eigenvalue weighted by Gasteiger charge is -2.15. The van der Waals surface area contributed by atoms with Gasteiger partial charge in [0.2, 0.25) is 0 Å². The van der Waals surface area contributed by atoms with E-state index in [0.717, 1.165) is 18.4 Å². The topological polar surface area (TPSA) is 20.2 Å². The molecule has 1 aromatic heterocycles. The van der Waals surface area contributed by atoms with Crippen molar-refractivity contribution in [2.75, 3.05) is 0 Å². The smallest absolute Gasteiger partial charge is 0.0682 e. The van der Waals surface area contributed by atoms with E-state index in [2.05, 4.69) is 23.6 Å². The normalized spacial score (nSPS) is 16.5. The van der Waals surface area contributed by atoms with E-state index in [1.807, 2.05) is 17.4 Å². The lowest BCUT2D eigenvalue weighted by atomic mass is 9.91. The maximum atomic E-state index is 9.28. The van der Waals surface area contributed by atoms with Crippen molar-refractivity contribution in [1.82, 2.24) is 0 Å². The van der Waals surface area contributed by atoms with E-state index in [9.17, 15) is 5.11 Å². The van der Waals surface area contributed by atoms with Gasteiger partial charge in [-0.15, -0.1) is 11.3 Å². The van der Waals surface area contributed by atoms with Crippen LogP contribution in [0.3, 0.4) is 0 Å². The highest BCUT2D eigenvalue weighted by Crippen LogP contribution is 2.46. The Morgan fingerprint density at radius 3 is 2.89 bits per heavy atom. The Morgan fingerprint density at radius 2 is 2.00 bits per heavy atom. The fraction of sp³-hybridized carbons (Fsp3) is 0.250. The van der Waals surface area contributed by atoms with Crippen molar-refractivity contribution in [1.29, 1.82) is 0 Å². The zero-order valence-electron chi connectivity index (χ0n) is 10.1. The van der Waals surface area contributed by atoms with E-state index in [-0.39, 0.29) is 6.61 Å². The summed E-state index contributed by atoms with van der Waals surface area (Å²) in [6, 6.07) is 8.68. The van der Waals surface area contributed by atoms with Gasteiger partial charge in [-0.1, -0.05) is 12.1 Å². The van der Waals surface area contributed by atoms with Crippen LogP contribution < -0.4 is 0 Å². The molecule has 2 aliphatic rings. The van der Waals surface area contributed by atoms with E-state index < -0.39 is 0 Å². The number of hydrogen-bond acceptors (Lipinski definition) is 2. The molecule has 0 radical (unpaired) electrons. The average Bonchev–Trinajstić information content (AvgIpc) is 3.01. The fourth-order valence-corrected chi connectivity index (χ4v) is 4.11. The van der Waals surface area contributed by atoms with Gasteiger partial charge in [0.05, 0.1) is 6.61 Å². The third-order valence-corrected chi connectivity index (χ3v) is 5.07. The summed E-state index contributed by atoms with van der Waals surface area (Å²) < 4.78 is 0. The molecule has 0 atom stereocenters. The molecular formula is C16H14OS. The van der Waals surface area contributed by atoms with Crippen LogP contribution in [0.2, 0.25) is 0 Å². The number of thiophene rings is 1. The van der Waals surface area contributed by atoms with Crippen molar-refractivity contribution in [3.05, 3.63) is 56.8 Å². The molecule has 1 N–H and O–H groups in total. The van der Waals surface area contributed by atoms with Crippen molar-refractivity contribution in [3.63, 3.8) is 0 Å². The van der Waals surface area contributed by atoms with Gasteiger partial charge in [0.15, 0.2) is 0 Å². The molecule has 18 heavy (non-hydrogen) atoms.